The predicted molar refractivity (Wildman–Crippen MR) is 70.9 cm³/mol. The van der Waals surface area contributed by atoms with Crippen LogP contribution in [0.1, 0.15) is 30.7 Å². The molecule has 2 aliphatic rings. The van der Waals surface area contributed by atoms with Gasteiger partial charge >= 0.3 is 6.18 Å². The van der Waals surface area contributed by atoms with E-state index >= 15 is 0 Å². The van der Waals surface area contributed by atoms with E-state index in [1.807, 2.05) is 4.90 Å². The van der Waals surface area contributed by atoms with E-state index in [0.29, 0.717) is 28.4 Å². The van der Waals surface area contributed by atoms with Crippen LogP contribution in [0.3, 0.4) is 0 Å². The molecule has 0 radical (unpaired) electrons. The van der Waals surface area contributed by atoms with Gasteiger partial charge in [0, 0.05) is 19.1 Å². The molecule has 3 heterocycles. The Kier molecular flexibility index (Phi) is 3.85. The van der Waals surface area contributed by atoms with Gasteiger partial charge in [-0.15, -0.1) is 10.2 Å². The molecule has 0 amide bonds. The fourth-order valence-electron chi connectivity index (χ4n) is 3.06. The molecule has 20 heavy (non-hydrogen) atoms. The minimum absolute atomic E-state index is 0.398. The first kappa shape index (κ1) is 14.1. The summed E-state index contributed by atoms with van der Waals surface area (Å²) in [5.41, 5.74) is 0. The van der Waals surface area contributed by atoms with Gasteiger partial charge in [0.1, 0.15) is 0 Å². The number of halogens is 3. The zero-order valence-electron chi connectivity index (χ0n) is 11.0. The number of piperidine rings is 1. The molecule has 1 N–H and O–H groups in total. The lowest BCUT2D eigenvalue weighted by atomic mass is 9.89. The van der Waals surface area contributed by atoms with E-state index in [4.69, 9.17) is 0 Å². The molecule has 0 spiro atoms. The smallest absolute Gasteiger partial charge is 0.347 e. The van der Waals surface area contributed by atoms with Crippen molar-refractivity contribution in [3.05, 3.63) is 5.01 Å². The Bertz CT molecular complexity index is 448. The molecule has 112 valence electrons. The molecular weight excluding hydrogens is 289 g/mol. The highest BCUT2D eigenvalue weighted by Crippen LogP contribution is 2.36. The molecular formula is C12H17F3N4S. The van der Waals surface area contributed by atoms with Gasteiger partial charge in [0.2, 0.25) is 10.1 Å². The first-order valence-electron chi connectivity index (χ1n) is 6.93. The Morgan fingerprint density at radius 3 is 2.45 bits per heavy atom. The summed E-state index contributed by atoms with van der Waals surface area (Å²) in [4.78, 5) is 1.93. The summed E-state index contributed by atoms with van der Waals surface area (Å²) in [5.74, 6) is 0.642. The van der Waals surface area contributed by atoms with Crippen molar-refractivity contribution in [3.63, 3.8) is 0 Å². The molecule has 4 nitrogen and oxygen atoms in total. The second-order valence-corrected chi connectivity index (χ2v) is 6.37. The molecule has 0 aromatic carbocycles. The normalized spacial score (nSPS) is 25.4. The van der Waals surface area contributed by atoms with Crippen LogP contribution in [0.15, 0.2) is 0 Å². The Morgan fingerprint density at radius 2 is 1.90 bits per heavy atom. The summed E-state index contributed by atoms with van der Waals surface area (Å²) in [5, 5.41) is 9.99. The van der Waals surface area contributed by atoms with Crippen LogP contribution in [0, 0.1) is 5.92 Å². The van der Waals surface area contributed by atoms with Gasteiger partial charge in [-0.25, -0.2) is 0 Å². The van der Waals surface area contributed by atoms with E-state index in [-0.39, 0.29) is 0 Å². The summed E-state index contributed by atoms with van der Waals surface area (Å²) in [6.07, 6.45) is 0.0944. The summed E-state index contributed by atoms with van der Waals surface area (Å²) >= 11 is 0.643. The minimum atomic E-state index is -4.39. The summed E-state index contributed by atoms with van der Waals surface area (Å²) in [6.45, 7) is 2.64. The molecule has 2 aliphatic heterocycles. The van der Waals surface area contributed by atoms with Crippen LogP contribution in [-0.4, -0.2) is 35.9 Å². The highest BCUT2D eigenvalue weighted by molar-refractivity contribution is 7.15. The van der Waals surface area contributed by atoms with E-state index in [0.717, 1.165) is 32.5 Å². The van der Waals surface area contributed by atoms with E-state index in [1.165, 1.54) is 12.8 Å². The lowest BCUT2D eigenvalue weighted by Crippen LogP contribution is -2.40. The van der Waals surface area contributed by atoms with Crippen LogP contribution in [0.4, 0.5) is 18.3 Å². The second-order valence-electron chi connectivity index (χ2n) is 5.41. The van der Waals surface area contributed by atoms with Gasteiger partial charge in [-0.1, -0.05) is 11.3 Å². The van der Waals surface area contributed by atoms with Crippen molar-refractivity contribution in [2.45, 2.75) is 37.9 Å². The molecule has 0 saturated carbocycles. The maximum absolute atomic E-state index is 12.5. The third kappa shape index (κ3) is 2.90. The predicted octanol–water partition coefficient (Wildman–Crippen LogP) is 2.53. The Morgan fingerprint density at radius 1 is 1.15 bits per heavy atom. The van der Waals surface area contributed by atoms with Gasteiger partial charge in [0.15, 0.2) is 0 Å². The molecule has 1 aromatic rings. The fraction of sp³-hybridized carbons (Fsp3) is 0.833. The first-order chi connectivity index (χ1) is 9.54. The van der Waals surface area contributed by atoms with Gasteiger partial charge in [-0.3, -0.25) is 0 Å². The Hall–Kier alpha value is -0.890. The number of nitrogens with zero attached hydrogens (tertiary/aromatic N) is 3. The molecule has 1 atom stereocenters. The van der Waals surface area contributed by atoms with E-state index < -0.39 is 11.2 Å². The monoisotopic (exact) mass is 306 g/mol. The Labute approximate surface area is 119 Å². The van der Waals surface area contributed by atoms with Crippen molar-refractivity contribution < 1.29 is 13.2 Å². The van der Waals surface area contributed by atoms with Crippen molar-refractivity contribution in [1.82, 2.24) is 15.5 Å². The highest BCUT2D eigenvalue weighted by Gasteiger charge is 2.37. The zero-order chi connectivity index (χ0) is 14.2. The standard InChI is InChI=1S/C12H17F3N4S/c13-12(14,15)10-17-18-11(20-10)19-6-3-8(4-7-19)9-2-1-5-16-9/h8-9,16H,1-7H2. The SMILES string of the molecule is FC(F)(F)c1nnc(N2CCC(C3CCCN3)CC2)s1. The number of aromatic nitrogens is 2. The highest BCUT2D eigenvalue weighted by atomic mass is 32.1. The van der Waals surface area contributed by atoms with Crippen LogP contribution in [0.25, 0.3) is 0 Å². The van der Waals surface area contributed by atoms with Crippen molar-refractivity contribution in [2.24, 2.45) is 5.92 Å². The van der Waals surface area contributed by atoms with Crippen molar-refractivity contribution >= 4 is 16.5 Å². The van der Waals surface area contributed by atoms with Crippen LogP contribution < -0.4 is 10.2 Å². The number of alkyl halides is 3. The van der Waals surface area contributed by atoms with Crippen LogP contribution in [-0.2, 0) is 6.18 Å². The lowest BCUT2D eigenvalue weighted by molar-refractivity contribution is -0.138. The fourth-order valence-corrected chi connectivity index (χ4v) is 3.83. The van der Waals surface area contributed by atoms with Crippen LogP contribution >= 0.6 is 11.3 Å². The van der Waals surface area contributed by atoms with Gasteiger partial charge in [0.05, 0.1) is 0 Å². The lowest BCUT2D eigenvalue weighted by Gasteiger charge is -2.34. The van der Waals surface area contributed by atoms with Crippen molar-refractivity contribution in [2.75, 3.05) is 24.5 Å². The number of nitrogens with one attached hydrogen (secondary N) is 1. The maximum atomic E-state index is 12.5. The van der Waals surface area contributed by atoms with Crippen molar-refractivity contribution in [1.29, 1.82) is 0 Å². The number of rotatable bonds is 2. The molecule has 8 heteroatoms. The third-order valence-electron chi connectivity index (χ3n) is 4.13. The molecule has 2 fully saturated rings. The zero-order valence-corrected chi connectivity index (χ0v) is 11.8. The topological polar surface area (TPSA) is 41.1 Å². The second kappa shape index (κ2) is 5.48. The number of anilines is 1. The van der Waals surface area contributed by atoms with Gasteiger partial charge < -0.3 is 10.2 Å². The van der Waals surface area contributed by atoms with E-state index in [9.17, 15) is 13.2 Å². The average Bonchev–Trinajstić information content (AvgIpc) is 3.10. The molecule has 1 aromatic heterocycles. The first-order valence-corrected chi connectivity index (χ1v) is 7.75. The Balaban J connectivity index is 1.59. The molecule has 0 aliphatic carbocycles. The molecule has 0 bridgehead atoms. The average molecular weight is 306 g/mol. The van der Waals surface area contributed by atoms with Gasteiger partial charge in [-0.2, -0.15) is 13.2 Å². The van der Waals surface area contributed by atoms with E-state index in [1.54, 1.807) is 0 Å². The summed E-state index contributed by atoms with van der Waals surface area (Å²) in [6, 6.07) is 0.595. The van der Waals surface area contributed by atoms with Crippen LogP contribution in [0.2, 0.25) is 0 Å². The van der Waals surface area contributed by atoms with Crippen molar-refractivity contribution in [3.8, 4) is 0 Å². The molecule has 1 unspecified atom stereocenters. The third-order valence-corrected chi connectivity index (χ3v) is 5.16. The summed E-state index contributed by atoms with van der Waals surface area (Å²) in [7, 11) is 0. The largest absolute Gasteiger partial charge is 0.445 e. The summed E-state index contributed by atoms with van der Waals surface area (Å²) < 4.78 is 37.5. The minimum Gasteiger partial charge on any atom is -0.347 e. The van der Waals surface area contributed by atoms with Crippen LogP contribution in [0.5, 0.6) is 0 Å². The van der Waals surface area contributed by atoms with Gasteiger partial charge in [-0.05, 0) is 38.1 Å². The molecule has 2 saturated heterocycles. The molecule has 3 rings (SSSR count). The van der Waals surface area contributed by atoms with E-state index in [2.05, 4.69) is 15.5 Å². The van der Waals surface area contributed by atoms with Gasteiger partial charge in [0.25, 0.3) is 0 Å². The quantitative estimate of drug-likeness (QED) is 0.911. The number of hydrogen-bond donors (Lipinski definition) is 1. The number of hydrogen-bond acceptors (Lipinski definition) is 5. The maximum Gasteiger partial charge on any atom is 0.445 e.